The first-order valence-corrected chi connectivity index (χ1v) is 8.17. The minimum atomic E-state index is -0.439. The van der Waals surface area contributed by atoms with Crippen molar-refractivity contribution in [1.82, 2.24) is 5.32 Å². The Balaban J connectivity index is 2.49. The van der Waals surface area contributed by atoms with Crippen LogP contribution in [0, 0.1) is 0 Å². The van der Waals surface area contributed by atoms with Gasteiger partial charge in [0.25, 0.3) is 0 Å². The third-order valence-electron chi connectivity index (χ3n) is 4.30. The van der Waals surface area contributed by atoms with E-state index in [0.29, 0.717) is 11.3 Å². The Morgan fingerprint density at radius 1 is 0.840 bits per heavy atom. The second-order valence-corrected chi connectivity index (χ2v) is 5.95. The molecule has 0 aliphatic carbocycles. The Morgan fingerprint density at radius 2 is 1.32 bits per heavy atom. The predicted molar refractivity (Wildman–Crippen MR) is 105 cm³/mol. The fourth-order valence-corrected chi connectivity index (χ4v) is 2.48. The predicted octanol–water partition coefficient (Wildman–Crippen LogP) is 4.50. The molecule has 1 amide bonds. The number of primary amides is 1. The van der Waals surface area contributed by atoms with Crippen LogP contribution in [0.2, 0.25) is 0 Å². The van der Waals surface area contributed by atoms with Gasteiger partial charge in [-0.3, -0.25) is 4.79 Å². The minimum Gasteiger partial charge on any atom is -0.366 e. The first-order valence-electron chi connectivity index (χ1n) is 8.17. The Bertz CT molecular complexity index is 831. The Hall–Kier alpha value is -3.07. The highest BCUT2D eigenvalue weighted by Crippen LogP contribution is 2.26. The molecular weight excluding hydrogens is 308 g/mol. The molecule has 3 nitrogen and oxygen atoms in total. The lowest BCUT2D eigenvalue weighted by Crippen LogP contribution is -2.18. The largest absolute Gasteiger partial charge is 0.366 e. The SMILES string of the molecule is C=C(N/C(=C(\C)c1ccccc1)c1ccccc1)/C(C)=C(\C)C(N)=O. The van der Waals surface area contributed by atoms with Crippen molar-refractivity contribution in [1.29, 1.82) is 0 Å². The molecule has 128 valence electrons. The maximum absolute atomic E-state index is 11.4. The molecule has 0 spiro atoms. The van der Waals surface area contributed by atoms with E-state index >= 15 is 0 Å². The summed E-state index contributed by atoms with van der Waals surface area (Å²) in [6.45, 7) is 9.71. The number of carbonyl (C=O) groups is 1. The third kappa shape index (κ3) is 4.48. The summed E-state index contributed by atoms with van der Waals surface area (Å²) in [6.07, 6.45) is 0. The standard InChI is InChI=1S/C22H24N2O/c1-15(16(2)22(23)25)18(4)24-21(20-13-9-6-10-14-20)17(3)19-11-7-5-8-12-19/h5-14,24H,4H2,1-3H3,(H2,23,25)/b16-15+,21-17+. The summed E-state index contributed by atoms with van der Waals surface area (Å²) >= 11 is 0. The number of carbonyl (C=O) groups excluding carboxylic acids is 1. The summed E-state index contributed by atoms with van der Waals surface area (Å²) in [5.41, 5.74) is 11.5. The molecule has 2 aromatic carbocycles. The van der Waals surface area contributed by atoms with E-state index in [1.807, 2.05) is 55.5 Å². The summed E-state index contributed by atoms with van der Waals surface area (Å²) in [5.74, 6) is -0.439. The van der Waals surface area contributed by atoms with Gasteiger partial charge in [-0.1, -0.05) is 67.2 Å². The molecule has 0 fully saturated rings. The Morgan fingerprint density at radius 3 is 1.80 bits per heavy atom. The average molecular weight is 332 g/mol. The van der Waals surface area contributed by atoms with Crippen molar-refractivity contribution in [2.24, 2.45) is 5.73 Å². The number of amides is 1. The number of rotatable bonds is 6. The molecule has 0 saturated heterocycles. The quantitative estimate of drug-likeness (QED) is 0.465. The van der Waals surface area contributed by atoms with Crippen LogP contribution in [0.3, 0.4) is 0 Å². The number of nitrogens with one attached hydrogen (secondary N) is 1. The molecule has 0 unspecified atom stereocenters. The van der Waals surface area contributed by atoms with E-state index in [-0.39, 0.29) is 0 Å². The molecule has 0 aliphatic rings. The van der Waals surface area contributed by atoms with Crippen LogP contribution in [0.1, 0.15) is 31.9 Å². The minimum absolute atomic E-state index is 0.439. The van der Waals surface area contributed by atoms with Gasteiger partial charge in [0, 0.05) is 17.0 Å². The molecule has 25 heavy (non-hydrogen) atoms. The topological polar surface area (TPSA) is 55.1 Å². The number of nitrogens with two attached hydrogens (primary N) is 1. The molecule has 0 saturated carbocycles. The number of hydrogen-bond acceptors (Lipinski definition) is 2. The van der Waals surface area contributed by atoms with Crippen LogP contribution in [-0.2, 0) is 4.79 Å². The third-order valence-corrected chi connectivity index (χ3v) is 4.30. The molecule has 3 heteroatoms. The van der Waals surface area contributed by atoms with Crippen LogP contribution in [0.4, 0.5) is 0 Å². The van der Waals surface area contributed by atoms with Gasteiger partial charge in [-0.05, 0) is 43.0 Å². The first kappa shape index (κ1) is 18.3. The lowest BCUT2D eigenvalue weighted by Gasteiger charge is -2.19. The normalized spacial score (nSPS) is 12.8. The lowest BCUT2D eigenvalue weighted by atomic mass is 9.99. The second-order valence-electron chi connectivity index (χ2n) is 5.95. The molecule has 3 N–H and O–H groups in total. The molecule has 0 atom stereocenters. The molecular formula is C22H24N2O. The smallest absolute Gasteiger partial charge is 0.244 e. The fraction of sp³-hybridized carbons (Fsp3) is 0.136. The van der Waals surface area contributed by atoms with E-state index in [9.17, 15) is 4.79 Å². The van der Waals surface area contributed by atoms with Crippen molar-refractivity contribution in [3.63, 3.8) is 0 Å². The van der Waals surface area contributed by atoms with Crippen molar-refractivity contribution in [3.05, 3.63) is 95.2 Å². The summed E-state index contributed by atoms with van der Waals surface area (Å²) in [5, 5.41) is 3.39. The van der Waals surface area contributed by atoms with Gasteiger partial charge in [-0.25, -0.2) is 0 Å². The van der Waals surface area contributed by atoms with Gasteiger partial charge in [0.1, 0.15) is 0 Å². The number of benzene rings is 2. The lowest BCUT2D eigenvalue weighted by molar-refractivity contribution is -0.114. The fourth-order valence-electron chi connectivity index (χ4n) is 2.48. The van der Waals surface area contributed by atoms with Gasteiger partial charge in [0.15, 0.2) is 0 Å². The van der Waals surface area contributed by atoms with Crippen molar-refractivity contribution in [2.75, 3.05) is 0 Å². The van der Waals surface area contributed by atoms with E-state index in [1.54, 1.807) is 6.92 Å². The van der Waals surface area contributed by atoms with Crippen molar-refractivity contribution in [2.45, 2.75) is 20.8 Å². The van der Waals surface area contributed by atoms with Crippen LogP contribution >= 0.6 is 0 Å². The molecule has 0 radical (unpaired) electrons. The Kier molecular flexibility index (Phi) is 5.96. The highest BCUT2D eigenvalue weighted by Gasteiger charge is 2.12. The van der Waals surface area contributed by atoms with Crippen molar-refractivity contribution >= 4 is 17.2 Å². The summed E-state index contributed by atoms with van der Waals surface area (Å²) in [4.78, 5) is 11.4. The molecule has 0 aromatic heterocycles. The van der Waals surface area contributed by atoms with E-state index in [2.05, 4.69) is 31.0 Å². The van der Waals surface area contributed by atoms with Gasteiger partial charge in [-0.2, -0.15) is 0 Å². The molecule has 0 heterocycles. The van der Waals surface area contributed by atoms with Crippen LogP contribution in [-0.4, -0.2) is 5.91 Å². The zero-order chi connectivity index (χ0) is 18.4. The van der Waals surface area contributed by atoms with E-state index < -0.39 is 5.91 Å². The summed E-state index contributed by atoms with van der Waals surface area (Å²) < 4.78 is 0. The maximum atomic E-state index is 11.4. The highest BCUT2D eigenvalue weighted by atomic mass is 16.1. The highest BCUT2D eigenvalue weighted by molar-refractivity contribution is 5.93. The van der Waals surface area contributed by atoms with E-state index in [0.717, 1.165) is 28.0 Å². The van der Waals surface area contributed by atoms with E-state index in [1.165, 1.54) is 0 Å². The van der Waals surface area contributed by atoms with Gasteiger partial charge in [-0.15, -0.1) is 0 Å². The van der Waals surface area contributed by atoms with Crippen LogP contribution in [0.25, 0.3) is 11.3 Å². The average Bonchev–Trinajstić information content (AvgIpc) is 2.65. The number of allylic oxidation sites excluding steroid dienone is 2. The van der Waals surface area contributed by atoms with Crippen LogP contribution < -0.4 is 11.1 Å². The van der Waals surface area contributed by atoms with Crippen molar-refractivity contribution in [3.8, 4) is 0 Å². The second kappa shape index (κ2) is 8.15. The first-order chi connectivity index (χ1) is 11.9. The monoisotopic (exact) mass is 332 g/mol. The zero-order valence-electron chi connectivity index (χ0n) is 15.0. The maximum Gasteiger partial charge on any atom is 0.244 e. The Labute approximate surface area is 149 Å². The van der Waals surface area contributed by atoms with Gasteiger partial charge in [0.05, 0.1) is 0 Å². The molecule has 2 rings (SSSR count). The van der Waals surface area contributed by atoms with Gasteiger partial charge in [0.2, 0.25) is 5.91 Å². The van der Waals surface area contributed by atoms with Crippen LogP contribution in [0.5, 0.6) is 0 Å². The van der Waals surface area contributed by atoms with Gasteiger partial charge < -0.3 is 11.1 Å². The zero-order valence-corrected chi connectivity index (χ0v) is 15.0. The van der Waals surface area contributed by atoms with E-state index in [4.69, 9.17) is 5.73 Å². The molecule has 0 bridgehead atoms. The number of hydrogen-bond donors (Lipinski definition) is 2. The van der Waals surface area contributed by atoms with Gasteiger partial charge >= 0.3 is 0 Å². The van der Waals surface area contributed by atoms with Crippen molar-refractivity contribution < 1.29 is 4.79 Å². The summed E-state index contributed by atoms with van der Waals surface area (Å²) in [6, 6.07) is 20.2. The van der Waals surface area contributed by atoms with Crippen LogP contribution in [0.15, 0.2) is 84.1 Å². The molecule has 2 aromatic rings. The summed E-state index contributed by atoms with van der Waals surface area (Å²) in [7, 11) is 0. The molecule has 0 aliphatic heterocycles.